The zero-order valence-electron chi connectivity index (χ0n) is 18.5. The van der Waals surface area contributed by atoms with Crippen LogP contribution in [-0.2, 0) is 11.0 Å². The summed E-state index contributed by atoms with van der Waals surface area (Å²) in [6, 6.07) is 4.44. The first-order chi connectivity index (χ1) is 14.9. The van der Waals surface area contributed by atoms with Gasteiger partial charge in [0.15, 0.2) is 0 Å². The molecular formula is C23H29F3N4O2. The summed E-state index contributed by atoms with van der Waals surface area (Å²) < 4.78 is 39.2. The number of urea groups is 1. The number of nitrogens with one attached hydrogen (secondary N) is 1. The van der Waals surface area contributed by atoms with Crippen molar-refractivity contribution in [3.8, 4) is 0 Å². The molecule has 2 unspecified atom stereocenters. The maximum Gasteiger partial charge on any atom is 0.416 e. The second-order valence-corrected chi connectivity index (χ2v) is 9.92. The second kappa shape index (κ2) is 7.71. The maximum absolute atomic E-state index is 13.1. The number of hydrogen-bond acceptors (Lipinski definition) is 3. The minimum atomic E-state index is -4.43. The first kappa shape index (κ1) is 22.5. The summed E-state index contributed by atoms with van der Waals surface area (Å²) in [5.74, 6) is -0.940. The molecule has 2 fully saturated rings. The Balaban J connectivity index is 1.68. The number of carbonyl (C=O) groups is 2. The number of benzene rings is 1. The van der Waals surface area contributed by atoms with Gasteiger partial charge < -0.3 is 20.9 Å². The number of primary amides is 1. The number of amides is 3. The Labute approximate surface area is 185 Å². The Hall–Kier alpha value is -2.71. The van der Waals surface area contributed by atoms with Crippen molar-refractivity contribution >= 4 is 17.5 Å². The van der Waals surface area contributed by atoms with E-state index in [-0.39, 0.29) is 18.0 Å². The SMILES string of the molecule is CC(C)(C)NC(=O)N1CCN2C(C3CC3)=C(c3ccc(C(F)(F)F)cc3)C(C(N)=O)C2C1. The average Bonchev–Trinajstić information content (AvgIpc) is 3.46. The number of nitrogens with two attached hydrogens (primary N) is 1. The molecule has 1 aromatic rings. The molecule has 9 heteroatoms. The van der Waals surface area contributed by atoms with Crippen molar-refractivity contribution in [1.82, 2.24) is 15.1 Å². The topological polar surface area (TPSA) is 78.7 Å². The molecule has 0 spiro atoms. The van der Waals surface area contributed by atoms with Gasteiger partial charge >= 0.3 is 12.2 Å². The average molecular weight is 451 g/mol. The van der Waals surface area contributed by atoms with Crippen LogP contribution >= 0.6 is 0 Å². The second-order valence-electron chi connectivity index (χ2n) is 9.92. The molecule has 0 bridgehead atoms. The van der Waals surface area contributed by atoms with Crippen LogP contribution < -0.4 is 11.1 Å². The van der Waals surface area contributed by atoms with Crippen molar-refractivity contribution in [3.63, 3.8) is 0 Å². The number of carbonyl (C=O) groups excluding carboxylic acids is 2. The van der Waals surface area contributed by atoms with Crippen molar-refractivity contribution in [3.05, 3.63) is 41.1 Å². The Morgan fingerprint density at radius 3 is 2.19 bits per heavy atom. The van der Waals surface area contributed by atoms with Crippen LogP contribution in [0.2, 0.25) is 0 Å². The zero-order valence-corrected chi connectivity index (χ0v) is 18.5. The predicted octanol–water partition coefficient (Wildman–Crippen LogP) is 3.44. The van der Waals surface area contributed by atoms with Crippen molar-refractivity contribution in [2.24, 2.45) is 17.6 Å². The molecule has 0 radical (unpaired) electrons. The number of hydrogen-bond donors (Lipinski definition) is 2. The van der Waals surface area contributed by atoms with Crippen molar-refractivity contribution in [1.29, 1.82) is 0 Å². The lowest BCUT2D eigenvalue weighted by Gasteiger charge is -2.42. The normalized spacial score (nSPS) is 23.9. The molecule has 1 aliphatic carbocycles. The molecular weight excluding hydrogens is 421 g/mol. The highest BCUT2D eigenvalue weighted by Crippen LogP contribution is 2.51. The summed E-state index contributed by atoms with van der Waals surface area (Å²) >= 11 is 0. The molecule has 2 atom stereocenters. The van der Waals surface area contributed by atoms with Gasteiger partial charge in [-0.3, -0.25) is 4.79 Å². The molecule has 2 heterocycles. The lowest BCUT2D eigenvalue weighted by Crippen LogP contribution is -2.59. The molecule has 32 heavy (non-hydrogen) atoms. The van der Waals surface area contributed by atoms with Gasteiger partial charge in [0.05, 0.1) is 17.5 Å². The highest BCUT2D eigenvalue weighted by atomic mass is 19.4. The van der Waals surface area contributed by atoms with Crippen LogP contribution in [0.5, 0.6) is 0 Å². The molecule has 2 aliphatic heterocycles. The van der Waals surface area contributed by atoms with Crippen LogP contribution in [0.25, 0.3) is 5.57 Å². The van der Waals surface area contributed by atoms with Crippen LogP contribution in [0.15, 0.2) is 30.0 Å². The van der Waals surface area contributed by atoms with Gasteiger partial charge in [0.25, 0.3) is 0 Å². The minimum absolute atomic E-state index is 0.198. The van der Waals surface area contributed by atoms with E-state index in [0.717, 1.165) is 36.2 Å². The molecule has 4 rings (SSSR count). The largest absolute Gasteiger partial charge is 0.416 e. The third-order valence-corrected chi connectivity index (χ3v) is 6.26. The summed E-state index contributed by atoms with van der Waals surface area (Å²) in [4.78, 5) is 29.2. The van der Waals surface area contributed by atoms with E-state index in [1.54, 1.807) is 4.90 Å². The number of allylic oxidation sites excluding steroid dienone is 1. The third-order valence-electron chi connectivity index (χ3n) is 6.26. The van der Waals surface area contributed by atoms with Crippen LogP contribution in [0.3, 0.4) is 0 Å². The molecule has 1 saturated heterocycles. The van der Waals surface area contributed by atoms with E-state index in [9.17, 15) is 22.8 Å². The zero-order chi connectivity index (χ0) is 23.4. The van der Waals surface area contributed by atoms with E-state index in [1.165, 1.54) is 12.1 Å². The highest BCUT2D eigenvalue weighted by Gasteiger charge is 2.50. The number of alkyl halides is 3. The lowest BCUT2D eigenvalue weighted by molar-refractivity contribution is -0.137. The van der Waals surface area contributed by atoms with E-state index in [1.807, 2.05) is 20.8 Å². The lowest BCUT2D eigenvalue weighted by atomic mass is 9.87. The quantitative estimate of drug-likeness (QED) is 0.741. The molecule has 174 valence electrons. The fourth-order valence-electron chi connectivity index (χ4n) is 4.79. The van der Waals surface area contributed by atoms with Gasteiger partial charge in [0.1, 0.15) is 0 Å². The summed E-state index contributed by atoms with van der Waals surface area (Å²) in [6.45, 7) is 7.09. The highest BCUT2D eigenvalue weighted by molar-refractivity contribution is 5.94. The van der Waals surface area contributed by atoms with E-state index >= 15 is 0 Å². The summed E-state index contributed by atoms with van der Waals surface area (Å²) in [6.07, 6.45) is -2.48. The van der Waals surface area contributed by atoms with E-state index in [0.29, 0.717) is 25.2 Å². The van der Waals surface area contributed by atoms with Crippen molar-refractivity contribution in [2.45, 2.75) is 51.4 Å². The monoisotopic (exact) mass is 450 g/mol. The maximum atomic E-state index is 13.1. The molecule has 3 amide bonds. The van der Waals surface area contributed by atoms with Crippen LogP contribution in [0.4, 0.5) is 18.0 Å². The number of rotatable bonds is 3. The van der Waals surface area contributed by atoms with Crippen LogP contribution in [0.1, 0.15) is 44.7 Å². The summed E-state index contributed by atoms with van der Waals surface area (Å²) in [7, 11) is 0. The van der Waals surface area contributed by atoms with Gasteiger partial charge in [-0.15, -0.1) is 0 Å². The van der Waals surface area contributed by atoms with Gasteiger partial charge in [-0.1, -0.05) is 12.1 Å². The standard InChI is InChI=1S/C23H29F3N4O2/c1-22(2,3)28-21(32)29-10-11-30-16(12-29)18(20(27)31)17(19(30)14-4-5-14)13-6-8-15(9-7-13)23(24,25)26/h6-9,14,16,18H,4-5,10-12H2,1-3H3,(H2,27,31)(H,28,32). The van der Waals surface area contributed by atoms with Gasteiger partial charge in [-0.05, 0) is 62.8 Å². The van der Waals surface area contributed by atoms with Crippen molar-refractivity contribution in [2.75, 3.05) is 19.6 Å². The Morgan fingerprint density at radius 1 is 1.06 bits per heavy atom. The first-order valence-corrected chi connectivity index (χ1v) is 10.9. The van der Waals surface area contributed by atoms with Crippen molar-refractivity contribution < 1.29 is 22.8 Å². The van der Waals surface area contributed by atoms with Crippen LogP contribution in [0, 0.1) is 11.8 Å². The van der Waals surface area contributed by atoms with E-state index in [4.69, 9.17) is 5.73 Å². The van der Waals surface area contributed by atoms with Gasteiger partial charge in [-0.25, -0.2) is 4.79 Å². The molecule has 1 saturated carbocycles. The van der Waals surface area contributed by atoms with Gasteiger partial charge in [0.2, 0.25) is 5.91 Å². The van der Waals surface area contributed by atoms with Gasteiger partial charge in [-0.2, -0.15) is 13.2 Å². The van der Waals surface area contributed by atoms with E-state index in [2.05, 4.69) is 10.2 Å². The predicted molar refractivity (Wildman–Crippen MR) is 114 cm³/mol. The first-order valence-electron chi connectivity index (χ1n) is 10.9. The smallest absolute Gasteiger partial charge is 0.369 e. The Bertz CT molecular complexity index is 945. The number of piperazine rings is 1. The molecule has 6 nitrogen and oxygen atoms in total. The molecule has 0 aromatic heterocycles. The molecule has 3 aliphatic rings. The van der Waals surface area contributed by atoms with Crippen LogP contribution in [-0.4, -0.2) is 53.0 Å². The fraction of sp³-hybridized carbons (Fsp3) is 0.565. The van der Waals surface area contributed by atoms with E-state index < -0.39 is 29.1 Å². The summed E-state index contributed by atoms with van der Waals surface area (Å²) in [5, 5.41) is 2.95. The fourth-order valence-corrected chi connectivity index (χ4v) is 4.79. The molecule has 3 N–H and O–H groups in total. The minimum Gasteiger partial charge on any atom is -0.369 e. The van der Waals surface area contributed by atoms with Gasteiger partial charge in [0, 0.05) is 30.9 Å². The number of fused-ring (bicyclic) bond motifs is 1. The Kier molecular flexibility index (Phi) is 5.41. The summed E-state index contributed by atoms with van der Waals surface area (Å²) in [5.41, 5.74) is 7.03. The molecule has 1 aromatic carbocycles. The number of nitrogens with zero attached hydrogens (tertiary/aromatic N) is 2. The third kappa shape index (κ3) is 4.29. The number of halogens is 3. The Morgan fingerprint density at radius 2 is 1.69 bits per heavy atom.